The van der Waals surface area contributed by atoms with Gasteiger partial charge in [-0.2, -0.15) is 0 Å². The van der Waals surface area contributed by atoms with Gasteiger partial charge in [0.15, 0.2) is 5.65 Å². The van der Waals surface area contributed by atoms with E-state index in [9.17, 15) is 0 Å². The lowest BCUT2D eigenvalue weighted by molar-refractivity contribution is 0.338. The van der Waals surface area contributed by atoms with E-state index in [-0.39, 0.29) is 5.54 Å². The molecule has 1 unspecified atom stereocenters. The monoisotopic (exact) mass is 273 g/mol. The molecule has 0 bridgehead atoms. The molecule has 0 amide bonds. The molecule has 1 atom stereocenters. The van der Waals surface area contributed by atoms with Crippen LogP contribution in [0.2, 0.25) is 0 Å². The fraction of sp³-hybridized carbons (Fsp3) is 0.600. The van der Waals surface area contributed by atoms with E-state index in [0.717, 1.165) is 48.6 Å². The van der Waals surface area contributed by atoms with Crippen LogP contribution < -0.4 is 10.2 Å². The van der Waals surface area contributed by atoms with Gasteiger partial charge < -0.3 is 15.2 Å². The van der Waals surface area contributed by atoms with E-state index < -0.39 is 0 Å². The van der Waals surface area contributed by atoms with Gasteiger partial charge in [-0.3, -0.25) is 0 Å². The number of anilines is 1. The summed E-state index contributed by atoms with van der Waals surface area (Å²) >= 11 is 0. The van der Waals surface area contributed by atoms with E-state index in [1.807, 2.05) is 25.1 Å². The standard InChI is InChI=1S/C15H23N5/c1-4-8-15(9-5-10-16-15)14-17-11-6-7-12(20(2)3)18-13(11)19-14/h6-7,16H,4-5,8-10H2,1-3H3,(H,17,18,19). The first-order valence-electron chi connectivity index (χ1n) is 7.44. The van der Waals surface area contributed by atoms with E-state index >= 15 is 0 Å². The number of hydrogen-bond acceptors (Lipinski definition) is 4. The first-order chi connectivity index (χ1) is 9.64. The van der Waals surface area contributed by atoms with Crippen LogP contribution >= 0.6 is 0 Å². The van der Waals surface area contributed by atoms with Crippen molar-refractivity contribution in [3.63, 3.8) is 0 Å². The SMILES string of the molecule is CCCC1(c2nc3nc(N(C)C)ccc3[nH]2)CCCN1. The zero-order valence-corrected chi connectivity index (χ0v) is 12.5. The Morgan fingerprint density at radius 3 is 2.80 bits per heavy atom. The first-order valence-corrected chi connectivity index (χ1v) is 7.44. The van der Waals surface area contributed by atoms with Gasteiger partial charge in [-0.1, -0.05) is 13.3 Å². The van der Waals surface area contributed by atoms with Gasteiger partial charge in [-0.15, -0.1) is 0 Å². The molecule has 0 saturated carbocycles. The second-order valence-electron chi connectivity index (χ2n) is 5.88. The fourth-order valence-corrected chi connectivity index (χ4v) is 3.13. The van der Waals surface area contributed by atoms with Gasteiger partial charge in [-0.05, 0) is 37.9 Å². The number of aromatic nitrogens is 3. The summed E-state index contributed by atoms with van der Waals surface area (Å²) in [5.41, 5.74) is 1.86. The Kier molecular flexibility index (Phi) is 3.38. The largest absolute Gasteiger partial charge is 0.363 e. The molecule has 0 spiro atoms. The van der Waals surface area contributed by atoms with Crippen molar-refractivity contribution in [3.8, 4) is 0 Å². The van der Waals surface area contributed by atoms with Gasteiger partial charge >= 0.3 is 0 Å². The van der Waals surface area contributed by atoms with Crippen LogP contribution in [0, 0.1) is 0 Å². The molecule has 0 radical (unpaired) electrons. The van der Waals surface area contributed by atoms with Crippen LogP contribution in [0.15, 0.2) is 12.1 Å². The summed E-state index contributed by atoms with van der Waals surface area (Å²) < 4.78 is 0. The topological polar surface area (TPSA) is 56.8 Å². The molecular formula is C15H23N5. The van der Waals surface area contributed by atoms with Crippen LogP contribution in [0.4, 0.5) is 5.82 Å². The number of rotatable bonds is 4. The molecule has 1 fully saturated rings. The third-order valence-corrected chi connectivity index (χ3v) is 4.16. The number of aromatic amines is 1. The van der Waals surface area contributed by atoms with Gasteiger partial charge in [0.2, 0.25) is 0 Å². The van der Waals surface area contributed by atoms with Crippen LogP contribution in [0.1, 0.15) is 38.4 Å². The molecule has 0 aliphatic carbocycles. The van der Waals surface area contributed by atoms with E-state index in [4.69, 9.17) is 4.98 Å². The summed E-state index contributed by atoms with van der Waals surface area (Å²) in [5.74, 6) is 2.00. The van der Waals surface area contributed by atoms with Crippen LogP contribution in [0.5, 0.6) is 0 Å². The minimum atomic E-state index is 0.0216. The summed E-state index contributed by atoms with van der Waals surface area (Å²) in [6, 6.07) is 4.10. The summed E-state index contributed by atoms with van der Waals surface area (Å²) in [6.45, 7) is 3.31. The average Bonchev–Trinajstić information content (AvgIpc) is 3.04. The Morgan fingerprint density at radius 1 is 1.30 bits per heavy atom. The summed E-state index contributed by atoms with van der Waals surface area (Å²) in [4.78, 5) is 14.9. The number of nitrogens with zero attached hydrogens (tertiary/aromatic N) is 3. The molecule has 2 N–H and O–H groups in total. The van der Waals surface area contributed by atoms with E-state index in [1.54, 1.807) is 0 Å². The molecule has 3 rings (SSSR count). The number of H-pyrrole nitrogens is 1. The van der Waals surface area contributed by atoms with Crippen molar-refractivity contribution >= 4 is 17.0 Å². The number of hydrogen-bond donors (Lipinski definition) is 2. The number of nitrogens with one attached hydrogen (secondary N) is 2. The third-order valence-electron chi connectivity index (χ3n) is 4.16. The third kappa shape index (κ3) is 2.16. The number of fused-ring (bicyclic) bond motifs is 1. The van der Waals surface area contributed by atoms with E-state index in [1.165, 1.54) is 6.42 Å². The molecule has 3 heterocycles. The highest BCUT2D eigenvalue weighted by molar-refractivity contribution is 5.73. The van der Waals surface area contributed by atoms with Crippen molar-refractivity contribution < 1.29 is 0 Å². The Labute approximate surface area is 119 Å². The van der Waals surface area contributed by atoms with Crippen molar-refractivity contribution in [2.24, 2.45) is 0 Å². The molecule has 1 saturated heterocycles. The maximum Gasteiger partial charge on any atom is 0.179 e. The molecule has 108 valence electrons. The first kappa shape index (κ1) is 13.4. The summed E-state index contributed by atoms with van der Waals surface area (Å²) in [6.07, 6.45) is 4.64. The molecular weight excluding hydrogens is 250 g/mol. The molecule has 2 aromatic heterocycles. The molecule has 20 heavy (non-hydrogen) atoms. The molecule has 1 aliphatic heterocycles. The van der Waals surface area contributed by atoms with Gasteiger partial charge in [0.1, 0.15) is 11.6 Å². The van der Waals surface area contributed by atoms with Crippen molar-refractivity contribution in [2.75, 3.05) is 25.5 Å². The maximum absolute atomic E-state index is 4.77. The lowest BCUT2D eigenvalue weighted by Gasteiger charge is -2.26. The van der Waals surface area contributed by atoms with Crippen molar-refractivity contribution in [1.29, 1.82) is 0 Å². The van der Waals surface area contributed by atoms with Crippen molar-refractivity contribution in [3.05, 3.63) is 18.0 Å². The van der Waals surface area contributed by atoms with Crippen LogP contribution in [-0.2, 0) is 5.54 Å². The molecule has 5 nitrogen and oxygen atoms in total. The Hall–Kier alpha value is -1.62. The second kappa shape index (κ2) is 5.05. The highest BCUT2D eigenvalue weighted by Crippen LogP contribution is 2.34. The van der Waals surface area contributed by atoms with Crippen LogP contribution in [0.3, 0.4) is 0 Å². The smallest absolute Gasteiger partial charge is 0.179 e. The Bertz CT molecular complexity index is 595. The van der Waals surface area contributed by atoms with Crippen LogP contribution in [-0.4, -0.2) is 35.6 Å². The predicted octanol–water partition coefficient (Wildman–Crippen LogP) is 2.40. The number of imidazole rings is 1. The minimum absolute atomic E-state index is 0.0216. The van der Waals surface area contributed by atoms with E-state index in [0.29, 0.717) is 0 Å². The Balaban J connectivity index is 2.03. The quantitative estimate of drug-likeness (QED) is 0.898. The van der Waals surface area contributed by atoms with E-state index in [2.05, 4.69) is 28.3 Å². The zero-order chi connectivity index (χ0) is 14.2. The average molecular weight is 273 g/mol. The normalized spacial score (nSPS) is 22.6. The lowest BCUT2D eigenvalue weighted by Crippen LogP contribution is -2.37. The summed E-state index contributed by atoms with van der Waals surface area (Å²) in [5, 5.41) is 3.65. The molecule has 1 aliphatic rings. The maximum atomic E-state index is 4.77. The zero-order valence-electron chi connectivity index (χ0n) is 12.5. The Morgan fingerprint density at radius 2 is 2.15 bits per heavy atom. The summed E-state index contributed by atoms with van der Waals surface area (Å²) in [7, 11) is 4.00. The van der Waals surface area contributed by atoms with Gasteiger partial charge in [-0.25, -0.2) is 9.97 Å². The minimum Gasteiger partial charge on any atom is -0.363 e. The second-order valence-corrected chi connectivity index (χ2v) is 5.88. The van der Waals surface area contributed by atoms with Crippen molar-refractivity contribution in [1.82, 2.24) is 20.3 Å². The van der Waals surface area contributed by atoms with Crippen molar-refractivity contribution in [2.45, 2.75) is 38.1 Å². The molecule has 0 aromatic carbocycles. The van der Waals surface area contributed by atoms with Crippen LogP contribution in [0.25, 0.3) is 11.2 Å². The van der Waals surface area contributed by atoms with Gasteiger partial charge in [0.05, 0.1) is 11.1 Å². The van der Waals surface area contributed by atoms with Gasteiger partial charge in [0.25, 0.3) is 0 Å². The molecule has 2 aromatic rings. The lowest BCUT2D eigenvalue weighted by atomic mass is 9.91. The molecule has 5 heteroatoms. The van der Waals surface area contributed by atoms with Gasteiger partial charge in [0, 0.05) is 14.1 Å². The highest BCUT2D eigenvalue weighted by atomic mass is 15.2. The predicted molar refractivity (Wildman–Crippen MR) is 82.0 cm³/mol. The highest BCUT2D eigenvalue weighted by Gasteiger charge is 2.37. The fourth-order valence-electron chi connectivity index (χ4n) is 3.13. The number of pyridine rings is 1.